The molecule has 0 saturated carbocycles. The topological polar surface area (TPSA) is 69.9 Å². The number of ether oxygens (including phenoxy) is 2. The lowest BCUT2D eigenvalue weighted by molar-refractivity contribution is -0.138. The third kappa shape index (κ3) is 6.49. The van der Waals surface area contributed by atoms with Crippen LogP contribution in [0.15, 0.2) is 112 Å². The summed E-state index contributed by atoms with van der Waals surface area (Å²) in [5, 5.41) is 1.05. The molecule has 0 amide bonds. The highest BCUT2D eigenvalue weighted by Crippen LogP contribution is 2.35. The molecule has 6 rings (SSSR count). The number of thiazole rings is 1. The van der Waals surface area contributed by atoms with Crippen LogP contribution in [0, 0.1) is 5.82 Å². The maximum Gasteiger partial charge on any atom is 0.338 e. The predicted octanol–water partition coefficient (Wildman–Crippen LogP) is 6.96. The maximum atomic E-state index is 14.1. The molecule has 10 heteroatoms. The monoisotopic (exact) mass is 658 g/mol. The molecule has 0 unspecified atom stereocenters. The summed E-state index contributed by atoms with van der Waals surface area (Å²) < 4.78 is 27.3. The first-order valence-electron chi connectivity index (χ1n) is 14.0. The molecule has 45 heavy (non-hydrogen) atoms. The number of halogens is 3. The van der Waals surface area contributed by atoms with Crippen LogP contribution in [-0.4, -0.2) is 17.1 Å². The summed E-state index contributed by atoms with van der Waals surface area (Å²) in [6.07, 6.45) is 1.75. The summed E-state index contributed by atoms with van der Waals surface area (Å²) in [6, 6.07) is 26.6. The second kappa shape index (κ2) is 13.2. The van der Waals surface area contributed by atoms with Gasteiger partial charge in [0.2, 0.25) is 0 Å². The molecule has 0 spiro atoms. The molecule has 5 aromatic rings. The van der Waals surface area contributed by atoms with E-state index in [0.29, 0.717) is 42.0 Å². The second-order valence-corrected chi connectivity index (χ2v) is 11.9. The number of hydrogen-bond acceptors (Lipinski definition) is 6. The molecular weight excluding hydrogens is 634 g/mol. The average Bonchev–Trinajstić information content (AvgIpc) is 3.35. The van der Waals surface area contributed by atoms with Gasteiger partial charge in [0.05, 0.1) is 28.5 Å². The highest BCUT2D eigenvalue weighted by molar-refractivity contribution is 7.07. The molecule has 0 radical (unpaired) electrons. The Morgan fingerprint density at radius 1 is 1.00 bits per heavy atom. The van der Waals surface area contributed by atoms with Gasteiger partial charge >= 0.3 is 5.97 Å². The van der Waals surface area contributed by atoms with E-state index in [2.05, 4.69) is 0 Å². The number of esters is 1. The fraction of sp³-hybridized carbons (Fsp3) is 0.114. The van der Waals surface area contributed by atoms with Crippen molar-refractivity contribution in [2.75, 3.05) is 6.61 Å². The highest BCUT2D eigenvalue weighted by atomic mass is 35.5. The van der Waals surface area contributed by atoms with Gasteiger partial charge in [-0.05, 0) is 60.5 Å². The van der Waals surface area contributed by atoms with Crippen LogP contribution in [0.5, 0.6) is 5.75 Å². The number of fused-ring (bicyclic) bond motifs is 1. The Morgan fingerprint density at radius 3 is 2.51 bits per heavy atom. The van der Waals surface area contributed by atoms with Crippen molar-refractivity contribution in [1.82, 2.24) is 4.57 Å². The summed E-state index contributed by atoms with van der Waals surface area (Å²) in [5.74, 6) is -0.450. The van der Waals surface area contributed by atoms with Gasteiger partial charge in [0.15, 0.2) is 4.80 Å². The van der Waals surface area contributed by atoms with Crippen LogP contribution < -0.4 is 19.6 Å². The van der Waals surface area contributed by atoms with Crippen molar-refractivity contribution in [3.63, 3.8) is 0 Å². The van der Waals surface area contributed by atoms with E-state index in [1.54, 1.807) is 43.3 Å². The Morgan fingerprint density at radius 2 is 1.78 bits per heavy atom. The molecule has 6 nitrogen and oxygen atoms in total. The van der Waals surface area contributed by atoms with Crippen molar-refractivity contribution in [3.05, 3.63) is 160 Å². The van der Waals surface area contributed by atoms with Gasteiger partial charge in [-0.2, -0.15) is 0 Å². The van der Waals surface area contributed by atoms with Gasteiger partial charge in [0.25, 0.3) is 5.56 Å². The van der Waals surface area contributed by atoms with E-state index >= 15 is 0 Å². The first kappa shape index (κ1) is 30.5. The fourth-order valence-electron chi connectivity index (χ4n) is 5.05. The molecule has 4 aromatic carbocycles. The number of rotatable bonds is 8. The van der Waals surface area contributed by atoms with Gasteiger partial charge in [0, 0.05) is 21.2 Å². The van der Waals surface area contributed by atoms with E-state index in [9.17, 15) is 14.0 Å². The maximum absolute atomic E-state index is 14.1. The van der Waals surface area contributed by atoms with E-state index < -0.39 is 17.8 Å². The zero-order valence-corrected chi connectivity index (χ0v) is 26.2. The van der Waals surface area contributed by atoms with Crippen LogP contribution in [0.1, 0.15) is 35.2 Å². The van der Waals surface area contributed by atoms with Crippen molar-refractivity contribution in [1.29, 1.82) is 0 Å². The summed E-state index contributed by atoms with van der Waals surface area (Å²) in [4.78, 5) is 32.8. The number of nitrogens with zero attached hydrogens (tertiary/aromatic N) is 2. The van der Waals surface area contributed by atoms with Crippen molar-refractivity contribution < 1.29 is 18.7 Å². The van der Waals surface area contributed by atoms with Gasteiger partial charge in [-0.1, -0.05) is 95.2 Å². The molecule has 1 aromatic heterocycles. The van der Waals surface area contributed by atoms with Crippen LogP contribution in [0.2, 0.25) is 10.0 Å². The van der Waals surface area contributed by atoms with E-state index in [1.165, 1.54) is 28.0 Å². The molecule has 1 aliphatic heterocycles. The quantitative estimate of drug-likeness (QED) is 0.169. The average molecular weight is 660 g/mol. The van der Waals surface area contributed by atoms with E-state index in [-0.39, 0.29) is 24.3 Å². The van der Waals surface area contributed by atoms with E-state index in [0.717, 1.165) is 11.1 Å². The van der Waals surface area contributed by atoms with Crippen molar-refractivity contribution in [3.8, 4) is 5.75 Å². The molecule has 1 aliphatic rings. The minimum absolute atomic E-state index is 0.133. The lowest BCUT2D eigenvalue weighted by Gasteiger charge is -2.25. The lowest BCUT2D eigenvalue weighted by Crippen LogP contribution is -2.40. The molecule has 2 heterocycles. The lowest BCUT2D eigenvalue weighted by atomic mass is 9.93. The molecule has 1 atom stereocenters. The van der Waals surface area contributed by atoms with Gasteiger partial charge < -0.3 is 9.47 Å². The second-order valence-electron chi connectivity index (χ2n) is 10.1. The van der Waals surface area contributed by atoms with E-state index in [4.69, 9.17) is 37.7 Å². The first-order valence-corrected chi connectivity index (χ1v) is 15.6. The number of carbonyl (C=O) groups is 1. The smallest absolute Gasteiger partial charge is 0.338 e. The van der Waals surface area contributed by atoms with Crippen LogP contribution in [0.3, 0.4) is 0 Å². The van der Waals surface area contributed by atoms with Gasteiger partial charge in [-0.25, -0.2) is 14.2 Å². The first-order chi connectivity index (χ1) is 21.8. The highest BCUT2D eigenvalue weighted by Gasteiger charge is 2.35. The Kier molecular flexibility index (Phi) is 8.98. The number of hydrogen-bond donors (Lipinski definition) is 0. The van der Waals surface area contributed by atoms with Crippen LogP contribution in [-0.2, 0) is 16.1 Å². The predicted molar refractivity (Wildman–Crippen MR) is 175 cm³/mol. The van der Waals surface area contributed by atoms with Gasteiger partial charge in [-0.15, -0.1) is 0 Å². The van der Waals surface area contributed by atoms with E-state index in [1.807, 2.05) is 54.6 Å². The summed E-state index contributed by atoms with van der Waals surface area (Å²) in [6.45, 7) is 2.08. The number of carbonyl (C=O) groups excluding carboxylic acids is 1. The Hall–Kier alpha value is -4.50. The Balaban J connectivity index is 1.46. The van der Waals surface area contributed by atoms with Crippen LogP contribution >= 0.6 is 34.5 Å². The number of benzene rings is 4. The Labute approximate surface area is 271 Å². The molecule has 0 N–H and O–H groups in total. The van der Waals surface area contributed by atoms with Crippen molar-refractivity contribution in [2.45, 2.75) is 19.6 Å². The Bertz CT molecular complexity index is 2110. The van der Waals surface area contributed by atoms with Crippen molar-refractivity contribution >= 4 is 52.3 Å². The zero-order valence-electron chi connectivity index (χ0n) is 23.9. The SMILES string of the molecule is CCOC(=O)C1=C(c2ccccc2)N=c2s/c(=C\c3cccc(OCc4ccc(Cl)cc4Cl)c3)c(=O)n2[C@H]1c1ccc(F)cc1. The molecule has 226 valence electrons. The van der Waals surface area contributed by atoms with Crippen LogP contribution in [0.25, 0.3) is 11.8 Å². The molecule has 0 saturated heterocycles. The summed E-state index contributed by atoms with van der Waals surface area (Å²) in [5.41, 5.74) is 3.00. The molecule has 0 aliphatic carbocycles. The summed E-state index contributed by atoms with van der Waals surface area (Å²) >= 11 is 13.5. The molecule has 0 bridgehead atoms. The van der Waals surface area contributed by atoms with Crippen LogP contribution in [0.4, 0.5) is 4.39 Å². The minimum Gasteiger partial charge on any atom is -0.489 e. The van der Waals surface area contributed by atoms with Gasteiger partial charge in [0.1, 0.15) is 18.2 Å². The third-order valence-electron chi connectivity index (χ3n) is 7.12. The van der Waals surface area contributed by atoms with Crippen molar-refractivity contribution in [2.24, 2.45) is 4.99 Å². The summed E-state index contributed by atoms with van der Waals surface area (Å²) in [7, 11) is 0. The fourth-order valence-corrected chi connectivity index (χ4v) is 6.51. The third-order valence-corrected chi connectivity index (χ3v) is 8.69. The number of aromatic nitrogens is 1. The largest absolute Gasteiger partial charge is 0.489 e. The molecular formula is C35H25Cl2FN2O4S. The standard InChI is InChI=1S/C35H25Cl2FN2O4S/c1-2-43-34(42)30-31(22-8-4-3-5-9-22)39-35-40(32(30)23-12-15-26(38)16-13-23)33(41)29(45-35)18-21-7-6-10-27(17-21)44-20-24-11-14-25(36)19-28(24)37/h3-19,32H,2,20H2,1H3/b29-18-/t32-/m0/s1. The zero-order chi connectivity index (χ0) is 31.5. The van der Waals surface area contributed by atoms with Gasteiger partial charge in [-0.3, -0.25) is 9.36 Å². The minimum atomic E-state index is -0.892. The normalized spacial score (nSPS) is 14.6. The molecule has 0 fully saturated rings.